The average molecular weight is 844 g/mol. The van der Waals surface area contributed by atoms with E-state index < -0.39 is 41.5 Å². The molecule has 0 unspecified atom stereocenters. The van der Waals surface area contributed by atoms with Gasteiger partial charge in [-0.25, -0.2) is 15.0 Å². The number of pyridine rings is 1. The average Bonchev–Trinajstić information content (AvgIpc) is 3.47. The van der Waals surface area contributed by atoms with Gasteiger partial charge in [0, 0.05) is 97.0 Å². The largest absolute Gasteiger partial charge is 0.354 e. The van der Waals surface area contributed by atoms with E-state index in [1.165, 1.54) is 17.1 Å². The fourth-order valence-electron chi connectivity index (χ4n) is 6.28. The summed E-state index contributed by atoms with van der Waals surface area (Å²) < 4.78 is 3.02. The lowest BCUT2D eigenvalue weighted by Gasteiger charge is -2.18. The van der Waals surface area contributed by atoms with Gasteiger partial charge >= 0.3 is 0 Å². The molecular formula is C39H53N15O7. The number of imidazole rings is 2. The highest BCUT2D eigenvalue weighted by Crippen LogP contribution is 2.38. The Balaban J connectivity index is 0.993. The van der Waals surface area contributed by atoms with E-state index in [2.05, 4.69) is 62.5 Å². The van der Waals surface area contributed by atoms with Crippen molar-refractivity contribution in [3.05, 3.63) is 77.8 Å². The lowest BCUT2D eigenvalue weighted by molar-refractivity contribution is -0.127. The number of carbonyl (C=O) groups excluding carboxylic acids is 7. The molecule has 0 spiro atoms. The molecule has 0 radical (unpaired) electrons. The van der Waals surface area contributed by atoms with E-state index in [4.69, 9.17) is 5.73 Å². The molecule has 11 N–H and O–H groups in total. The van der Waals surface area contributed by atoms with Gasteiger partial charge in [0.15, 0.2) is 5.82 Å². The Kier molecular flexibility index (Phi) is 16.2. The molecule has 0 aromatic carbocycles. The third-order valence-corrected chi connectivity index (χ3v) is 9.48. The summed E-state index contributed by atoms with van der Waals surface area (Å²) in [6.07, 6.45) is 7.67. The van der Waals surface area contributed by atoms with Crippen LogP contribution in [0.1, 0.15) is 69.2 Å². The maximum atomic E-state index is 13.2. The SMILES string of the molecule is CCCC(=O)Nc1cc(C(=O)Nc2cn(C)c(C(=O)NCCNC(=O)[C@H]3C[C@@H]3C(=O)NCCNC(=O)[C@H](Cc3cnc[nH]3)NC(=O)c3cccc(CNCCN)n3)n2)n(C)c1. The molecule has 1 aliphatic rings. The van der Waals surface area contributed by atoms with Crippen LogP contribution in [-0.4, -0.2) is 116 Å². The zero-order valence-corrected chi connectivity index (χ0v) is 34.3. The van der Waals surface area contributed by atoms with Gasteiger partial charge in [0.05, 0.1) is 29.5 Å². The molecule has 22 heteroatoms. The van der Waals surface area contributed by atoms with Crippen LogP contribution in [-0.2, 0) is 46.2 Å². The summed E-state index contributed by atoms with van der Waals surface area (Å²) >= 11 is 0. The van der Waals surface area contributed by atoms with Gasteiger partial charge in [-0.3, -0.25) is 33.6 Å². The minimum Gasteiger partial charge on any atom is -0.354 e. The normalized spacial score (nSPS) is 14.6. The smallest absolute Gasteiger partial charge is 0.287 e. The minimum atomic E-state index is -0.970. The fraction of sp³-hybridized carbons (Fsp3) is 0.436. The van der Waals surface area contributed by atoms with Crippen molar-refractivity contribution >= 4 is 52.9 Å². The van der Waals surface area contributed by atoms with Gasteiger partial charge in [-0.05, 0) is 31.0 Å². The lowest BCUT2D eigenvalue weighted by Crippen LogP contribution is -2.49. The van der Waals surface area contributed by atoms with Crippen LogP contribution in [0.5, 0.6) is 0 Å². The van der Waals surface area contributed by atoms with Crippen LogP contribution >= 0.6 is 0 Å². The molecule has 7 amide bonds. The number of anilines is 2. The van der Waals surface area contributed by atoms with E-state index in [9.17, 15) is 33.6 Å². The topological polar surface area (TPSA) is 306 Å². The van der Waals surface area contributed by atoms with E-state index in [1.54, 1.807) is 55.3 Å². The van der Waals surface area contributed by atoms with Gasteiger partial charge in [-0.15, -0.1) is 0 Å². The van der Waals surface area contributed by atoms with E-state index >= 15 is 0 Å². The van der Waals surface area contributed by atoms with Crippen LogP contribution in [0.25, 0.3) is 0 Å². The Hall–Kier alpha value is -6.94. The molecular weight excluding hydrogens is 791 g/mol. The van der Waals surface area contributed by atoms with Crippen LogP contribution in [0.2, 0.25) is 0 Å². The van der Waals surface area contributed by atoms with Crippen molar-refractivity contribution in [2.45, 2.75) is 45.2 Å². The number of amides is 7. The second kappa shape index (κ2) is 21.9. The molecule has 5 rings (SSSR count). The molecule has 326 valence electrons. The van der Waals surface area contributed by atoms with Gasteiger partial charge in [0.25, 0.3) is 17.7 Å². The Labute approximate surface area is 351 Å². The van der Waals surface area contributed by atoms with Crippen molar-refractivity contribution in [3.8, 4) is 0 Å². The molecule has 1 saturated carbocycles. The van der Waals surface area contributed by atoms with Gasteiger partial charge in [-0.2, -0.15) is 0 Å². The number of carbonyl (C=O) groups is 7. The number of H-pyrrole nitrogens is 1. The molecule has 3 atom stereocenters. The number of nitrogens with two attached hydrogens (primary N) is 1. The van der Waals surface area contributed by atoms with Crippen molar-refractivity contribution in [1.29, 1.82) is 0 Å². The Morgan fingerprint density at radius 2 is 1.57 bits per heavy atom. The molecule has 1 aliphatic carbocycles. The predicted molar refractivity (Wildman–Crippen MR) is 222 cm³/mol. The molecule has 4 heterocycles. The summed E-state index contributed by atoms with van der Waals surface area (Å²) in [5.41, 5.74) is 7.70. The molecule has 0 bridgehead atoms. The first-order chi connectivity index (χ1) is 29.4. The van der Waals surface area contributed by atoms with E-state index in [0.29, 0.717) is 56.0 Å². The van der Waals surface area contributed by atoms with Gasteiger partial charge in [0.2, 0.25) is 29.5 Å². The number of aryl methyl sites for hydroxylation is 2. The van der Waals surface area contributed by atoms with Crippen LogP contribution in [0, 0.1) is 11.8 Å². The number of rotatable bonds is 23. The summed E-state index contributed by atoms with van der Waals surface area (Å²) in [7, 11) is 3.26. The Bertz CT molecular complexity index is 2180. The second-order valence-electron chi connectivity index (χ2n) is 14.4. The lowest BCUT2D eigenvalue weighted by atomic mass is 10.1. The van der Waals surface area contributed by atoms with Gasteiger partial charge in [-0.1, -0.05) is 13.0 Å². The number of aromatic amines is 1. The summed E-state index contributed by atoms with van der Waals surface area (Å²) in [6.45, 7) is 3.72. The number of nitrogens with one attached hydrogen (secondary N) is 9. The van der Waals surface area contributed by atoms with E-state index in [0.717, 1.165) is 0 Å². The Morgan fingerprint density at radius 3 is 2.26 bits per heavy atom. The zero-order valence-electron chi connectivity index (χ0n) is 34.3. The number of nitrogens with zero attached hydrogens (tertiary/aromatic N) is 5. The summed E-state index contributed by atoms with van der Waals surface area (Å²) in [6, 6.07) is 5.61. The highest BCUT2D eigenvalue weighted by Gasteiger charge is 2.47. The number of hydrogen-bond donors (Lipinski definition) is 10. The first-order valence-corrected chi connectivity index (χ1v) is 19.9. The molecule has 1 fully saturated rings. The first-order valence-electron chi connectivity index (χ1n) is 19.9. The third kappa shape index (κ3) is 13.3. The van der Waals surface area contributed by atoms with Crippen LogP contribution in [0.15, 0.2) is 49.2 Å². The number of hydrogen-bond acceptors (Lipinski definition) is 12. The first kappa shape index (κ1) is 45.1. The van der Waals surface area contributed by atoms with E-state index in [1.807, 2.05) is 6.92 Å². The maximum Gasteiger partial charge on any atom is 0.287 e. The van der Waals surface area contributed by atoms with Crippen molar-refractivity contribution in [3.63, 3.8) is 0 Å². The van der Waals surface area contributed by atoms with E-state index in [-0.39, 0.29) is 73.4 Å². The second-order valence-corrected chi connectivity index (χ2v) is 14.4. The molecule has 0 aliphatic heterocycles. The number of aromatic nitrogens is 6. The summed E-state index contributed by atoms with van der Waals surface area (Å²) in [4.78, 5) is 105. The third-order valence-electron chi connectivity index (χ3n) is 9.48. The van der Waals surface area contributed by atoms with Crippen molar-refractivity contribution in [2.24, 2.45) is 31.7 Å². The molecule has 4 aromatic heterocycles. The van der Waals surface area contributed by atoms with Crippen molar-refractivity contribution in [2.75, 3.05) is 49.9 Å². The van der Waals surface area contributed by atoms with Crippen LogP contribution in [0.4, 0.5) is 11.5 Å². The molecule has 61 heavy (non-hydrogen) atoms. The quantitative estimate of drug-likeness (QED) is 0.0389. The van der Waals surface area contributed by atoms with Gasteiger partial charge in [0.1, 0.15) is 17.4 Å². The fourth-order valence-corrected chi connectivity index (χ4v) is 6.28. The predicted octanol–water partition coefficient (Wildman–Crippen LogP) is -1.33. The monoisotopic (exact) mass is 843 g/mol. The molecule has 4 aromatic rings. The van der Waals surface area contributed by atoms with Crippen molar-refractivity contribution < 1.29 is 33.6 Å². The summed E-state index contributed by atoms with van der Waals surface area (Å²) in [5, 5.41) is 22.1. The molecule has 22 nitrogen and oxygen atoms in total. The highest BCUT2D eigenvalue weighted by molar-refractivity contribution is 6.04. The highest BCUT2D eigenvalue weighted by atomic mass is 16.2. The van der Waals surface area contributed by atoms with Gasteiger partial charge < -0.3 is 62.4 Å². The van der Waals surface area contributed by atoms with Crippen LogP contribution < -0.4 is 48.3 Å². The summed E-state index contributed by atoms with van der Waals surface area (Å²) in [5.74, 6) is -3.73. The molecule has 0 saturated heterocycles. The Morgan fingerprint density at radius 1 is 0.852 bits per heavy atom. The van der Waals surface area contributed by atoms with Crippen molar-refractivity contribution in [1.82, 2.24) is 61.0 Å². The zero-order chi connectivity index (χ0) is 43.9. The maximum absolute atomic E-state index is 13.2. The van der Waals surface area contributed by atoms with Crippen LogP contribution in [0.3, 0.4) is 0 Å². The minimum absolute atomic E-state index is 0.0278. The standard InChI is InChI=1S/C39H53N15O7/c1-4-6-32(55)49-25-16-30(53(2)20-25)38(60)52-31-21-54(3)33(51-31)39(61)46-14-12-44-35(57)27-17-26(27)34(56)43-11-13-45-36(58)29(15-24-19-42-22-47-24)50-37(59)28-8-5-7-23(48-28)18-41-10-9-40/h5,7-8,16,19-22,26-27,29,41H,4,6,9-15,17-18,40H2,1-3H3,(H,42,47)(H,43,56)(H,44,57)(H,45,58)(H,46,61)(H,49,55)(H,50,59)(H,52,60)/t26-,27-,29-/m0/s1.